The molecule has 0 aromatic heterocycles. The Kier molecular flexibility index (Phi) is 9.31. The quantitative estimate of drug-likeness (QED) is 0.535. The predicted molar refractivity (Wildman–Crippen MR) is 139 cm³/mol. The zero-order valence-corrected chi connectivity index (χ0v) is 22.5. The lowest BCUT2D eigenvalue weighted by Crippen LogP contribution is -2.54. The molecule has 9 heteroatoms. The van der Waals surface area contributed by atoms with Crippen molar-refractivity contribution in [2.24, 2.45) is 0 Å². The van der Waals surface area contributed by atoms with Gasteiger partial charge in [0.1, 0.15) is 18.3 Å². The van der Waals surface area contributed by atoms with Crippen LogP contribution in [0.1, 0.15) is 45.7 Å². The molecule has 8 nitrogen and oxygen atoms in total. The Morgan fingerprint density at radius 1 is 1.06 bits per heavy atom. The van der Waals surface area contributed by atoms with Crippen LogP contribution in [0.3, 0.4) is 0 Å². The highest BCUT2D eigenvalue weighted by molar-refractivity contribution is 7.92. The molecule has 0 spiro atoms. The number of aryl methyl sites for hydroxylation is 1. The number of amides is 2. The van der Waals surface area contributed by atoms with Gasteiger partial charge < -0.3 is 15.0 Å². The van der Waals surface area contributed by atoms with Crippen molar-refractivity contribution >= 4 is 27.5 Å². The van der Waals surface area contributed by atoms with Gasteiger partial charge in [0.2, 0.25) is 21.8 Å². The van der Waals surface area contributed by atoms with Crippen molar-refractivity contribution in [3.05, 3.63) is 59.7 Å². The van der Waals surface area contributed by atoms with E-state index in [9.17, 15) is 18.0 Å². The summed E-state index contributed by atoms with van der Waals surface area (Å²) in [6, 6.07) is 13.3. The minimum Gasteiger partial charge on any atom is -0.494 e. The Morgan fingerprint density at radius 3 is 2.17 bits per heavy atom. The van der Waals surface area contributed by atoms with Gasteiger partial charge in [-0.3, -0.25) is 13.9 Å². The number of nitrogens with one attached hydrogen (secondary N) is 1. The Bertz CT molecular complexity index is 1120. The number of hydrogen-bond donors (Lipinski definition) is 1. The number of sulfonamides is 1. The Labute approximate surface area is 209 Å². The number of carbonyl (C=O) groups excluding carboxylic acids is 2. The molecule has 2 aromatic carbocycles. The van der Waals surface area contributed by atoms with Crippen molar-refractivity contribution in [1.29, 1.82) is 0 Å². The van der Waals surface area contributed by atoms with Gasteiger partial charge in [-0.25, -0.2) is 8.42 Å². The largest absolute Gasteiger partial charge is 0.494 e. The van der Waals surface area contributed by atoms with Crippen molar-refractivity contribution in [3.63, 3.8) is 0 Å². The van der Waals surface area contributed by atoms with Crippen LogP contribution in [-0.4, -0.2) is 56.1 Å². The number of carbonyl (C=O) groups is 2. The Balaban J connectivity index is 2.40. The summed E-state index contributed by atoms with van der Waals surface area (Å²) in [6.45, 7) is 11.2. The van der Waals surface area contributed by atoms with Crippen molar-refractivity contribution in [3.8, 4) is 5.75 Å². The minimum atomic E-state index is -3.78. The average molecular weight is 504 g/mol. The van der Waals surface area contributed by atoms with E-state index >= 15 is 0 Å². The smallest absolute Gasteiger partial charge is 0.244 e. The Morgan fingerprint density at radius 2 is 1.66 bits per heavy atom. The second-order valence-electron chi connectivity index (χ2n) is 9.56. The van der Waals surface area contributed by atoms with Crippen LogP contribution in [0.4, 0.5) is 5.69 Å². The van der Waals surface area contributed by atoms with Gasteiger partial charge >= 0.3 is 0 Å². The molecular formula is C26H37N3O5S. The van der Waals surface area contributed by atoms with E-state index in [0.29, 0.717) is 18.0 Å². The number of benzene rings is 2. The molecule has 2 amide bonds. The first kappa shape index (κ1) is 28.2. The molecule has 0 fully saturated rings. The van der Waals surface area contributed by atoms with Gasteiger partial charge in [0.15, 0.2) is 0 Å². The number of nitrogens with zero attached hydrogens (tertiary/aromatic N) is 2. The van der Waals surface area contributed by atoms with Gasteiger partial charge in [-0.05, 0) is 76.9 Å². The highest BCUT2D eigenvalue weighted by Crippen LogP contribution is 2.23. The summed E-state index contributed by atoms with van der Waals surface area (Å²) in [5.41, 5.74) is 1.71. The second-order valence-corrected chi connectivity index (χ2v) is 11.5. The van der Waals surface area contributed by atoms with E-state index < -0.39 is 34.1 Å². The van der Waals surface area contributed by atoms with E-state index in [4.69, 9.17) is 4.74 Å². The molecule has 1 N–H and O–H groups in total. The summed E-state index contributed by atoms with van der Waals surface area (Å²) in [6.07, 6.45) is 1.05. The van der Waals surface area contributed by atoms with E-state index in [2.05, 4.69) is 5.32 Å². The number of hydrogen-bond acceptors (Lipinski definition) is 5. The third-order valence-corrected chi connectivity index (χ3v) is 6.52. The van der Waals surface area contributed by atoms with E-state index in [-0.39, 0.29) is 12.5 Å². The topological polar surface area (TPSA) is 96.0 Å². The fraction of sp³-hybridized carbons (Fsp3) is 0.462. The van der Waals surface area contributed by atoms with Crippen LogP contribution in [0.15, 0.2) is 48.5 Å². The molecular weight excluding hydrogens is 466 g/mol. The SMILES string of the molecule is CCOc1ccc(N(CC(=O)N(Cc2ccccc2C)[C@H](C)C(=O)NC(C)(C)C)S(C)(=O)=O)cc1. The fourth-order valence-electron chi connectivity index (χ4n) is 3.52. The Hall–Kier alpha value is -3.07. The molecule has 0 saturated heterocycles. The van der Waals surface area contributed by atoms with E-state index in [1.807, 2.05) is 58.9 Å². The molecule has 0 saturated carbocycles. The van der Waals surface area contributed by atoms with Crippen LogP contribution in [0.5, 0.6) is 5.75 Å². The van der Waals surface area contributed by atoms with Gasteiger partial charge in [0.25, 0.3) is 0 Å². The lowest BCUT2D eigenvalue weighted by atomic mass is 10.1. The molecule has 0 bridgehead atoms. The van der Waals surface area contributed by atoms with Crippen LogP contribution in [0, 0.1) is 6.92 Å². The van der Waals surface area contributed by atoms with Gasteiger partial charge in [0.05, 0.1) is 18.6 Å². The second kappa shape index (κ2) is 11.6. The van der Waals surface area contributed by atoms with Gasteiger partial charge in [-0.1, -0.05) is 24.3 Å². The van der Waals surface area contributed by atoms with Crippen molar-refractivity contribution in [1.82, 2.24) is 10.2 Å². The molecule has 0 aliphatic carbocycles. The van der Waals surface area contributed by atoms with Crippen LogP contribution in [-0.2, 0) is 26.2 Å². The summed E-state index contributed by atoms with van der Waals surface area (Å²) in [7, 11) is -3.78. The monoisotopic (exact) mass is 503 g/mol. The average Bonchev–Trinajstić information content (AvgIpc) is 2.75. The first-order chi connectivity index (χ1) is 16.2. The zero-order chi connectivity index (χ0) is 26.4. The number of rotatable bonds is 10. The molecule has 35 heavy (non-hydrogen) atoms. The maximum atomic E-state index is 13.6. The fourth-order valence-corrected chi connectivity index (χ4v) is 4.37. The van der Waals surface area contributed by atoms with Crippen molar-refractivity contribution < 1.29 is 22.7 Å². The molecule has 0 aliphatic rings. The zero-order valence-electron chi connectivity index (χ0n) is 21.7. The van der Waals surface area contributed by atoms with Crippen molar-refractivity contribution in [2.75, 3.05) is 23.7 Å². The maximum absolute atomic E-state index is 13.6. The molecule has 2 aromatic rings. The number of anilines is 1. The highest BCUT2D eigenvalue weighted by atomic mass is 32.2. The van der Waals surface area contributed by atoms with Gasteiger partial charge in [-0.2, -0.15) is 0 Å². The summed E-state index contributed by atoms with van der Waals surface area (Å²) in [5, 5.41) is 2.91. The van der Waals surface area contributed by atoms with E-state index in [1.54, 1.807) is 31.2 Å². The van der Waals surface area contributed by atoms with Gasteiger partial charge in [-0.15, -0.1) is 0 Å². The predicted octanol–water partition coefficient (Wildman–Crippen LogP) is 3.49. The van der Waals surface area contributed by atoms with Crippen LogP contribution in [0.25, 0.3) is 0 Å². The standard InChI is InChI=1S/C26H37N3O5S/c1-8-34-23-15-13-22(14-16-23)29(35(7,32)33)18-24(30)28(17-21-12-10-9-11-19(21)2)20(3)25(31)27-26(4,5)6/h9-16,20H,8,17-18H2,1-7H3,(H,27,31)/t20-/m1/s1. The van der Waals surface area contributed by atoms with Crippen molar-refractivity contribution in [2.45, 2.75) is 59.7 Å². The van der Waals surface area contributed by atoms with E-state index in [1.165, 1.54) is 4.90 Å². The highest BCUT2D eigenvalue weighted by Gasteiger charge is 2.31. The van der Waals surface area contributed by atoms with Gasteiger partial charge in [0, 0.05) is 12.1 Å². The maximum Gasteiger partial charge on any atom is 0.244 e. The molecule has 1 atom stereocenters. The molecule has 0 radical (unpaired) electrons. The molecule has 0 heterocycles. The lowest BCUT2D eigenvalue weighted by molar-refractivity contribution is -0.140. The molecule has 0 unspecified atom stereocenters. The summed E-state index contributed by atoms with van der Waals surface area (Å²) < 4.78 is 31.8. The summed E-state index contributed by atoms with van der Waals surface area (Å²) >= 11 is 0. The minimum absolute atomic E-state index is 0.172. The molecule has 0 aliphatic heterocycles. The van der Waals surface area contributed by atoms with Crippen LogP contribution in [0.2, 0.25) is 0 Å². The third kappa shape index (κ3) is 8.28. The first-order valence-electron chi connectivity index (χ1n) is 11.6. The third-order valence-electron chi connectivity index (χ3n) is 5.38. The number of ether oxygens (including phenoxy) is 1. The lowest BCUT2D eigenvalue weighted by Gasteiger charge is -2.33. The van der Waals surface area contributed by atoms with Crippen LogP contribution < -0.4 is 14.4 Å². The van der Waals surface area contributed by atoms with Crippen LogP contribution >= 0.6 is 0 Å². The summed E-state index contributed by atoms with van der Waals surface area (Å²) in [5.74, 6) is -0.194. The molecule has 192 valence electrons. The van der Waals surface area contributed by atoms with E-state index in [0.717, 1.165) is 21.7 Å². The summed E-state index contributed by atoms with van der Waals surface area (Å²) in [4.78, 5) is 28.0. The normalized spacial score (nSPS) is 12.5. The molecule has 2 rings (SSSR count). The first-order valence-corrected chi connectivity index (χ1v) is 13.4.